The Balaban J connectivity index is 2.30. The van der Waals surface area contributed by atoms with Crippen LogP contribution in [0.2, 0.25) is 0 Å². The number of nitrogens with zero attached hydrogens (tertiary/aromatic N) is 4. The van der Waals surface area contributed by atoms with Crippen LogP contribution in [0, 0.1) is 11.3 Å². The second kappa shape index (κ2) is 3.46. The summed E-state index contributed by atoms with van der Waals surface area (Å²) < 4.78 is 1.96. The monoisotopic (exact) mass is 223 g/mol. The highest BCUT2D eigenvalue weighted by molar-refractivity contribution is 5.81. The minimum Gasteiger partial charge on any atom is -0.327 e. The zero-order chi connectivity index (χ0) is 11.8. The van der Waals surface area contributed by atoms with Crippen LogP contribution in [0.4, 0.5) is 0 Å². The summed E-state index contributed by atoms with van der Waals surface area (Å²) in [6, 6.07) is 7.60. The highest BCUT2D eigenvalue weighted by Crippen LogP contribution is 2.23. The number of aromatic amines is 1. The molecule has 0 saturated carbocycles. The summed E-state index contributed by atoms with van der Waals surface area (Å²) in [5.74, 6) is 0.837. The molecule has 0 aliphatic carbocycles. The number of aryl methyl sites for hydroxylation is 1. The molecule has 3 rings (SSSR count). The van der Waals surface area contributed by atoms with Gasteiger partial charge in [-0.05, 0) is 18.2 Å². The van der Waals surface area contributed by atoms with Crippen LogP contribution in [-0.2, 0) is 7.05 Å². The smallest absolute Gasteiger partial charge is 0.144 e. The number of imidazole rings is 1. The Morgan fingerprint density at radius 3 is 3.00 bits per heavy atom. The molecule has 0 aliphatic rings. The maximum atomic E-state index is 8.88. The fourth-order valence-corrected chi connectivity index (χ4v) is 1.89. The number of hydrogen-bond donors (Lipinski definition) is 1. The third-order valence-corrected chi connectivity index (χ3v) is 2.77. The molecule has 0 amide bonds. The van der Waals surface area contributed by atoms with Crippen molar-refractivity contribution >= 4 is 11.0 Å². The number of nitriles is 1. The minimum atomic E-state index is 0.638. The van der Waals surface area contributed by atoms with Crippen LogP contribution < -0.4 is 0 Å². The van der Waals surface area contributed by atoms with Gasteiger partial charge in [0.2, 0.25) is 0 Å². The molecule has 1 N–H and O–H groups in total. The average molecular weight is 223 g/mol. The maximum absolute atomic E-state index is 8.88. The van der Waals surface area contributed by atoms with E-state index < -0.39 is 0 Å². The van der Waals surface area contributed by atoms with Crippen LogP contribution >= 0.6 is 0 Å². The molecule has 2 aromatic heterocycles. The van der Waals surface area contributed by atoms with Crippen LogP contribution in [0.25, 0.3) is 22.4 Å². The SMILES string of the molecule is Cn1c(-c2cn[nH]c2)nc2ccc(C#N)cc21. The van der Waals surface area contributed by atoms with Crippen LogP contribution in [0.15, 0.2) is 30.6 Å². The molecule has 17 heavy (non-hydrogen) atoms. The Hall–Kier alpha value is -2.61. The third kappa shape index (κ3) is 1.39. The maximum Gasteiger partial charge on any atom is 0.144 e. The normalized spacial score (nSPS) is 10.6. The molecular weight excluding hydrogens is 214 g/mol. The summed E-state index contributed by atoms with van der Waals surface area (Å²) in [7, 11) is 1.93. The lowest BCUT2D eigenvalue weighted by molar-refractivity contribution is 0.959. The van der Waals surface area contributed by atoms with Crippen molar-refractivity contribution in [1.29, 1.82) is 5.26 Å². The summed E-state index contributed by atoms with van der Waals surface area (Å²) >= 11 is 0. The average Bonchev–Trinajstić information content (AvgIpc) is 2.97. The number of fused-ring (bicyclic) bond motifs is 1. The molecule has 0 saturated heterocycles. The van der Waals surface area contributed by atoms with Gasteiger partial charge in [-0.25, -0.2) is 4.98 Å². The quantitative estimate of drug-likeness (QED) is 0.684. The molecule has 0 radical (unpaired) electrons. The van der Waals surface area contributed by atoms with E-state index in [0.29, 0.717) is 5.56 Å². The number of benzene rings is 1. The standard InChI is InChI=1S/C12H9N5/c1-17-11-4-8(5-13)2-3-10(11)16-12(17)9-6-14-15-7-9/h2-4,6-7H,1H3,(H,14,15). The van der Waals surface area contributed by atoms with Crippen molar-refractivity contribution in [2.75, 3.05) is 0 Å². The molecule has 5 heteroatoms. The van der Waals surface area contributed by atoms with E-state index in [9.17, 15) is 0 Å². The first kappa shape index (κ1) is 9.60. The summed E-state index contributed by atoms with van der Waals surface area (Å²) in [6.45, 7) is 0. The van der Waals surface area contributed by atoms with Gasteiger partial charge in [0.15, 0.2) is 0 Å². The van der Waals surface area contributed by atoms with E-state index in [0.717, 1.165) is 22.4 Å². The van der Waals surface area contributed by atoms with Gasteiger partial charge < -0.3 is 4.57 Å². The minimum absolute atomic E-state index is 0.638. The van der Waals surface area contributed by atoms with Crippen molar-refractivity contribution in [2.24, 2.45) is 7.05 Å². The van der Waals surface area contributed by atoms with E-state index in [1.165, 1.54) is 0 Å². The van der Waals surface area contributed by atoms with Gasteiger partial charge in [0.25, 0.3) is 0 Å². The predicted molar refractivity (Wildman–Crippen MR) is 63.0 cm³/mol. The van der Waals surface area contributed by atoms with E-state index in [1.54, 1.807) is 18.5 Å². The second-order valence-electron chi connectivity index (χ2n) is 3.80. The van der Waals surface area contributed by atoms with Gasteiger partial charge in [0.05, 0.1) is 34.4 Å². The van der Waals surface area contributed by atoms with Crippen LogP contribution in [0.1, 0.15) is 5.56 Å². The largest absolute Gasteiger partial charge is 0.327 e. The molecule has 82 valence electrons. The van der Waals surface area contributed by atoms with E-state index >= 15 is 0 Å². The molecule has 0 unspecified atom stereocenters. The van der Waals surface area contributed by atoms with Crippen molar-refractivity contribution in [3.63, 3.8) is 0 Å². The van der Waals surface area contributed by atoms with Crippen molar-refractivity contribution in [1.82, 2.24) is 19.7 Å². The topological polar surface area (TPSA) is 70.3 Å². The number of hydrogen-bond acceptors (Lipinski definition) is 3. The Labute approximate surface area is 97.3 Å². The van der Waals surface area contributed by atoms with Gasteiger partial charge in [-0.1, -0.05) is 0 Å². The second-order valence-corrected chi connectivity index (χ2v) is 3.80. The summed E-state index contributed by atoms with van der Waals surface area (Å²) in [6.07, 6.45) is 3.53. The first-order chi connectivity index (χ1) is 8.29. The summed E-state index contributed by atoms with van der Waals surface area (Å²) in [5.41, 5.74) is 3.39. The van der Waals surface area contributed by atoms with Gasteiger partial charge in [-0.3, -0.25) is 5.10 Å². The zero-order valence-corrected chi connectivity index (χ0v) is 9.18. The zero-order valence-electron chi connectivity index (χ0n) is 9.18. The van der Waals surface area contributed by atoms with Crippen molar-refractivity contribution in [3.8, 4) is 17.5 Å². The van der Waals surface area contributed by atoms with Crippen LogP contribution in [-0.4, -0.2) is 19.7 Å². The third-order valence-electron chi connectivity index (χ3n) is 2.77. The first-order valence-corrected chi connectivity index (χ1v) is 5.15. The Morgan fingerprint density at radius 1 is 1.41 bits per heavy atom. The molecule has 1 aromatic carbocycles. The molecule has 0 bridgehead atoms. The molecule has 2 heterocycles. The number of rotatable bonds is 1. The number of aromatic nitrogens is 4. The van der Waals surface area contributed by atoms with Crippen molar-refractivity contribution in [3.05, 3.63) is 36.2 Å². The molecule has 3 aromatic rings. The lowest BCUT2D eigenvalue weighted by Gasteiger charge is -1.98. The fourth-order valence-electron chi connectivity index (χ4n) is 1.89. The lowest BCUT2D eigenvalue weighted by Crippen LogP contribution is -1.91. The highest BCUT2D eigenvalue weighted by Gasteiger charge is 2.10. The first-order valence-electron chi connectivity index (χ1n) is 5.15. The van der Waals surface area contributed by atoms with Gasteiger partial charge in [0.1, 0.15) is 5.82 Å². The summed E-state index contributed by atoms with van der Waals surface area (Å²) in [4.78, 5) is 4.52. The number of H-pyrrole nitrogens is 1. The number of nitrogens with one attached hydrogen (secondary N) is 1. The molecule has 0 atom stereocenters. The van der Waals surface area contributed by atoms with Gasteiger partial charge >= 0.3 is 0 Å². The molecular formula is C12H9N5. The van der Waals surface area contributed by atoms with E-state index in [4.69, 9.17) is 5.26 Å². The van der Waals surface area contributed by atoms with Gasteiger partial charge in [0, 0.05) is 13.2 Å². The Morgan fingerprint density at radius 2 is 2.29 bits per heavy atom. The molecule has 5 nitrogen and oxygen atoms in total. The van der Waals surface area contributed by atoms with E-state index in [2.05, 4.69) is 21.3 Å². The predicted octanol–water partition coefficient (Wildman–Crippen LogP) is 1.84. The van der Waals surface area contributed by atoms with Gasteiger partial charge in [-0.2, -0.15) is 10.4 Å². The molecule has 0 spiro atoms. The van der Waals surface area contributed by atoms with E-state index in [-0.39, 0.29) is 0 Å². The fraction of sp³-hybridized carbons (Fsp3) is 0.0833. The Kier molecular flexibility index (Phi) is 1.95. The van der Waals surface area contributed by atoms with Crippen molar-refractivity contribution < 1.29 is 0 Å². The molecule has 0 aliphatic heterocycles. The Bertz CT molecular complexity index is 715. The van der Waals surface area contributed by atoms with Crippen LogP contribution in [0.3, 0.4) is 0 Å². The molecule has 0 fully saturated rings. The van der Waals surface area contributed by atoms with Gasteiger partial charge in [-0.15, -0.1) is 0 Å². The van der Waals surface area contributed by atoms with Crippen molar-refractivity contribution in [2.45, 2.75) is 0 Å². The lowest BCUT2D eigenvalue weighted by atomic mass is 10.2. The highest BCUT2D eigenvalue weighted by atomic mass is 15.1. The summed E-state index contributed by atoms with van der Waals surface area (Å²) in [5, 5.41) is 15.6. The van der Waals surface area contributed by atoms with Crippen LogP contribution in [0.5, 0.6) is 0 Å². The van der Waals surface area contributed by atoms with E-state index in [1.807, 2.05) is 23.7 Å².